The summed E-state index contributed by atoms with van der Waals surface area (Å²) in [6.07, 6.45) is 17.0. The Morgan fingerprint density at radius 1 is 0.783 bits per heavy atom. The minimum atomic E-state index is -1.09. The first-order valence-corrected chi connectivity index (χ1v) is 9.58. The lowest BCUT2D eigenvalue weighted by molar-refractivity contribution is -0.140. The molecule has 0 amide bonds. The first-order valence-electron chi connectivity index (χ1n) is 9.58. The predicted octanol–water partition coefficient (Wildman–Crippen LogP) is 4.84. The molecule has 0 rings (SSSR count). The van der Waals surface area contributed by atoms with Gasteiger partial charge < -0.3 is 10.8 Å². The van der Waals surface area contributed by atoms with E-state index >= 15 is 0 Å². The van der Waals surface area contributed by atoms with Crippen molar-refractivity contribution in [2.75, 3.05) is 0 Å². The van der Waals surface area contributed by atoms with Gasteiger partial charge in [-0.15, -0.1) is 0 Å². The molecule has 0 fully saturated rings. The molecule has 0 aromatic carbocycles. The van der Waals surface area contributed by atoms with E-state index in [0.29, 0.717) is 6.42 Å². The van der Waals surface area contributed by atoms with Crippen molar-refractivity contribution in [3.63, 3.8) is 0 Å². The lowest BCUT2D eigenvalue weighted by Gasteiger charge is -2.05. The molecule has 0 aliphatic heterocycles. The van der Waals surface area contributed by atoms with E-state index in [0.717, 1.165) is 12.8 Å². The van der Waals surface area contributed by atoms with Gasteiger partial charge >= 0.3 is 5.97 Å². The van der Waals surface area contributed by atoms with Crippen LogP contribution in [0, 0.1) is 0 Å². The fourth-order valence-corrected chi connectivity index (χ4v) is 2.77. The number of carboxylic acids is 1. The SMILES string of the molecule is CCCCCCCCCCCCCCCC(=O)CC(N)C(=O)O. The standard InChI is InChI=1S/C19H37NO3/c1-2-3-4-5-6-7-8-9-10-11-12-13-14-15-17(21)16-18(20)19(22)23/h18H,2-16,20H2,1H3,(H,22,23). The molecule has 0 spiro atoms. The first kappa shape index (κ1) is 22.1. The van der Waals surface area contributed by atoms with Crippen molar-refractivity contribution in [1.29, 1.82) is 0 Å². The van der Waals surface area contributed by atoms with Crippen LogP contribution < -0.4 is 5.73 Å². The molecule has 0 bridgehead atoms. The van der Waals surface area contributed by atoms with Crippen molar-refractivity contribution in [2.24, 2.45) is 5.73 Å². The van der Waals surface area contributed by atoms with Crippen molar-refractivity contribution < 1.29 is 14.7 Å². The molecule has 3 N–H and O–H groups in total. The fourth-order valence-electron chi connectivity index (χ4n) is 2.77. The Labute approximate surface area is 142 Å². The van der Waals surface area contributed by atoms with Crippen LogP contribution in [0.5, 0.6) is 0 Å². The summed E-state index contributed by atoms with van der Waals surface area (Å²) in [5, 5.41) is 8.64. The number of ketones is 1. The van der Waals surface area contributed by atoms with Gasteiger partial charge in [0.2, 0.25) is 0 Å². The molecule has 23 heavy (non-hydrogen) atoms. The third-order valence-corrected chi connectivity index (χ3v) is 4.32. The third kappa shape index (κ3) is 15.8. The van der Waals surface area contributed by atoms with E-state index in [4.69, 9.17) is 10.8 Å². The second kappa shape index (κ2) is 16.0. The van der Waals surface area contributed by atoms with Crippen LogP contribution >= 0.6 is 0 Å². The van der Waals surface area contributed by atoms with E-state index in [9.17, 15) is 9.59 Å². The minimum Gasteiger partial charge on any atom is -0.480 e. The molecule has 0 saturated carbocycles. The smallest absolute Gasteiger partial charge is 0.320 e. The molecular weight excluding hydrogens is 290 g/mol. The van der Waals surface area contributed by atoms with Crippen molar-refractivity contribution >= 4 is 11.8 Å². The summed E-state index contributed by atoms with van der Waals surface area (Å²) in [6.45, 7) is 2.25. The van der Waals surface area contributed by atoms with Crippen LogP contribution in [-0.2, 0) is 9.59 Å². The zero-order valence-corrected chi connectivity index (χ0v) is 15.0. The zero-order valence-electron chi connectivity index (χ0n) is 15.0. The molecule has 0 aromatic heterocycles. The van der Waals surface area contributed by atoms with Gasteiger partial charge in [0.25, 0.3) is 0 Å². The van der Waals surface area contributed by atoms with Gasteiger partial charge in [-0.05, 0) is 6.42 Å². The molecule has 0 aliphatic carbocycles. The highest BCUT2D eigenvalue weighted by atomic mass is 16.4. The van der Waals surface area contributed by atoms with Crippen molar-refractivity contribution in [3.05, 3.63) is 0 Å². The van der Waals surface area contributed by atoms with E-state index in [1.54, 1.807) is 0 Å². The summed E-state index contributed by atoms with van der Waals surface area (Å²) < 4.78 is 0. The van der Waals surface area contributed by atoms with Crippen molar-refractivity contribution in [1.82, 2.24) is 0 Å². The van der Waals surface area contributed by atoms with E-state index < -0.39 is 12.0 Å². The van der Waals surface area contributed by atoms with Gasteiger partial charge in [-0.2, -0.15) is 0 Å². The second-order valence-electron chi connectivity index (χ2n) is 6.68. The number of aliphatic carboxylic acids is 1. The molecule has 0 heterocycles. The van der Waals surface area contributed by atoms with Crippen molar-refractivity contribution in [2.45, 2.75) is 109 Å². The van der Waals surface area contributed by atoms with Gasteiger partial charge in [-0.3, -0.25) is 9.59 Å². The number of unbranched alkanes of at least 4 members (excludes halogenated alkanes) is 12. The average molecular weight is 328 g/mol. The summed E-state index contributed by atoms with van der Waals surface area (Å²) in [5.41, 5.74) is 5.34. The van der Waals surface area contributed by atoms with E-state index in [2.05, 4.69) is 6.92 Å². The van der Waals surface area contributed by atoms with Crippen LogP contribution in [0.2, 0.25) is 0 Å². The van der Waals surface area contributed by atoms with Crippen LogP contribution in [0.1, 0.15) is 103 Å². The normalized spacial score (nSPS) is 12.3. The highest BCUT2D eigenvalue weighted by Crippen LogP contribution is 2.13. The monoisotopic (exact) mass is 327 g/mol. The molecule has 4 nitrogen and oxygen atoms in total. The van der Waals surface area contributed by atoms with E-state index in [1.165, 1.54) is 70.6 Å². The predicted molar refractivity (Wildman–Crippen MR) is 95.5 cm³/mol. The summed E-state index contributed by atoms with van der Waals surface area (Å²) >= 11 is 0. The lowest BCUT2D eigenvalue weighted by atomic mass is 10.0. The van der Waals surface area contributed by atoms with E-state index in [-0.39, 0.29) is 12.2 Å². The van der Waals surface area contributed by atoms with Gasteiger partial charge in [0.15, 0.2) is 0 Å². The van der Waals surface area contributed by atoms with Gasteiger partial charge in [0.05, 0.1) is 0 Å². The Balaban J connectivity index is 3.21. The summed E-state index contributed by atoms with van der Waals surface area (Å²) in [4.78, 5) is 22.1. The zero-order chi connectivity index (χ0) is 17.3. The number of rotatable bonds is 17. The van der Waals surface area contributed by atoms with Crippen molar-refractivity contribution in [3.8, 4) is 0 Å². The minimum absolute atomic E-state index is 0.0250. The Morgan fingerprint density at radius 2 is 1.17 bits per heavy atom. The Kier molecular flexibility index (Phi) is 15.4. The maximum Gasteiger partial charge on any atom is 0.320 e. The lowest BCUT2D eigenvalue weighted by Crippen LogP contribution is -2.32. The molecule has 0 radical (unpaired) electrons. The number of hydrogen-bond acceptors (Lipinski definition) is 3. The second-order valence-corrected chi connectivity index (χ2v) is 6.68. The number of Topliss-reactive ketones (excluding diaryl/α,β-unsaturated/α-hetero) is 1. The van der Waals surface area contributed by atoms with Crippen LogP contribution in [-0.4, -0.2) is 22.9 Å². The summed E-state index contributed by atoms with van der Waals surface area (Å²) in [5.74, 6) is -1.12. The maximum absolute atomic E-state index is 11.5. The largest absolute Gasteiger partial charge is 0.480 e. The van der Waals surface area contributed by atoms with Gasteiger partial charge in [-0.25, -0.2) is 0 Å². The number of carbonyl (C=O) groups excluding carboxylic acids is 1. The topological polar surface area (TPSA) is 80.4 Å². The molecule has 0 aromatic rings. The van der Waals surface area contributed by atoms with Gasteiger partial charge in [0, 0.05) is 12.8 Å². The highest BCUT2D eigenvalue weighted by molar-refractivity contribution is 5.85. The average Bonchev–Trinajstić information content (AvgIpc) is 2.51. The molecule has 0 saturated heterocycles. The van der Waals surface area contributed by atoms with Crippen LogP contribution in [0.4, 0.5) is 0 Å². The highest BCUT2D eigenvalue weighted by Gasteiger charge is 2.15. The fraction of sp³-hybridized carbons (Fsp3) is 0.895. The third-order valence-electron chi connectivity index (χ3n) is 4.32. The number of carboxylic acid groups (broad SMARTS) is 1. The molecular formula is C19H37NO3. The number of nitrogens with two attached hydrogens (primary N) is 1. The van der Waals surface area contributed by atoms with Crippen LogP contribution in [0.3, 0.4) is 0 Å². The Hall–Kier alpha value is -0.900. The van der Waals surface area contributed by atoms with E-state index in [1.807, 2.05) is 0 Å². The van der Waals surface area contributed by atoms with Gasteiger partial charge in [-0.1, -0.05) is 84.0 Å². The summed E-state index contributed by atoms with van der Waals surface area (Å²) in [6, 6.07) is -1.04. The number of hydrogen-bond donors (Lipinski definition) is 2. The Morgan fingerprint density at radius 3 is 1.57 bits per heavy atom. The van der Waals surface area contributed by atoms with Crippen LogP contribution in [0.25, 0.3) is 0 Å². The maximum atomic E-state index is 11.5. The van der Waals surface area contributed by atoms with Gasteiger partial charge in [0.1, 0.15) is 11.8 Å². The Bertz CT molecular complexity index is 305. The number of carbonyl (C=O) groups is 2. The summed E-state index contributed by atoms with van der Waals surface area (Å²) in [7, 11) is 0. The molecule has 0 aliphatic rings. The molecule has 136 valence electrons. The molecule has 1 atom stereocenters. The quantitative estimate of drug-likeness (QED) is 0.375. The van der Waals surface area contributed by atoms with Crippen LogP contribution in [0.15, 0.2) is 0 Å². The molecule has 4 heteroatoms. The first-order chi connectivity index (χ1) is 11.1. The molecule has 1 unspecified atom stereocenters.